The van der Waals surface area contributed by atoms with E-state index >= 15 is 0 Å². The number of aryl methyl sites for hydroxylation is 1. The SMILES string of the molecule is CCOCCOc1ccc(-c2csc3ccc(COc4ccc(C5(CC)CC(=O)C5)cc4)cc23)c(C)c1. The zero-order valence-corrected chi connectivity index (χ0v) is 22.7. The molecule has 1 aliphatic rings. The molecule has 0 aliphatic heterocycles. The van der Waals surface area contributed by atoms with Gasteiger partial charge >= 0.3 is 0 Å². The predicted molar refractivity (Wildman–Crippen MR) is 151 cm³/mol. The molecule has 4 nitrogen and oxygen atoms in total. The van der Waals surface area contributed by atoms with Gasteiger partial charge in [0.2, 0.25) is 0 Å². The number of ether oxygens (including phenoxy) is 3. The van der Waals surface area contributed by atoms with Gasteiger partial charge in [-0.05, 0) is 84.3 Å². The van der Waals surface area contributed by atoms with Crippen molar-refractivity contribution in [2.24, 2.45) is 0 Å². The first kappa shape index (κ1) is 25.5. The molecule has 1 fully saturated rings. The minimum atomic E-state index is 0.0297. The van der Waals surface area contributed by atoms with E-state index in [2.05, 4.69) is 61.7 Å². The number of hydrogen-bond acceptors (Lipinski definition) is 5. The molecular weight excluding hydrogens is 480 g/mol. The molecule has 0 spiro atoms. The fourth-order valence-corrected chi connectivity index (χ4v) is 6.14. The molecular formula is C32H34O4S. The first-order valence-electron chi connectivity index (χ1n) is 13.1. The fourth-order valence-electron chi connectivity index (χ4n) is 5.20. The van der Waals surface area contributed by atoms with Crippen LogP contribution in [-0.2, 0) is 21.6 Å². The van der Waals surface area contributed by atoms with Gasteiger partial charge in [0.05, 0.1) is 6.61 Å². The third-order valence-corrected chi connectivity index (χ3v) is 8.41. The van der Waals surface area contributed by atoms with Gasteiger partial charge in [-0.25, -0.2) is 0 Å². The van der Waals surface area contributed by atoms with Crippen molar-refractivity contribution >= 4 is 27.2 Å². The van der Waals surface area contributed by atoms with Gasteiger partial charge in [-0.15, -0.1) is 11.3 Å². The largest absolute Gasteiger partial charge is 0.491 e. The first-order valence-corrected chi connectivity index (χ1v) is 14.0. The molecule has 0 N–H and O–H groups in total. The van der Waals surface area contributed by atoms with Crippen LogP contribution in [0.4, 0.5) is 0 Å². The number of rotatable bonds is 11. The van der Waals surface area contributed by atoms with Crippen LogP contribution in [0.1, 0.15) is 49.8 Å². The lowest BCUT2D eigenvalue weighted by Gasteiger charge is -2.40. The Labute approximate surface area is 223 Å². The van der Waals surface area contributed by atoms with Gasteiger partial charge in [0.1, 0.15) is 30.5 Å². The number of benzene rings is 3. The van der Waals surface area contributed by atoms with E-state index in [1.165, 1.54) is 32.3 Å². The molecule has 0 amide bonds. The average Bonchev–Trinajstić information content (AvgIpc) is 3.31. The Bertz CT molecular complexity index is 1380. The number of Topliss-reactive ketones (excluding diaryl/α,β-unsaturated/α-hetero) is 1. The molecule has 0 bridgehead atoms. The van der Waals surface area contributed by atoms with Crippen LogP contribution in [0.5, 0.6) is 11.5 Å². The van der Waals surface area contributed by atoms with Crippen LogP contribution < -0.4 is 9.47 Å². The molecule has 37 heavy (non-hydrogen) atoms. The zero-order valence-electron chi connectivity index (χ0n) is 21.8. The second-order valence-electron chi connectivity index (χ2n) is 9.84. The summed E-state index contributed by atoms with van der Waals surface area (Å²) in [7, 11) is 0. The van der Waals surface area contributed by atoms with E-state index in [9.17, 15) is 4.79 Å². The Morgan fingerprint density at radius 1 is 0.865 bits per heavy atom. The Morgan fingerprint density at radius 3 is 2.35 bits per heavy atom. The summed E-state index contributed by atoms with van der Waals surface area (Å²) in [6.45, 7) is 8.65. The molecule has 1 saturated carbocycles. The van der Waals surface area contributed by atoms with Crippen molar-refractivity contribution < 1.29 is 19.0 Å². The van der Waals surface area contributed by atoms with Crippen molar-refractivity contribution in [1.29, 1.82) is 0 Å². The van der Waals surface area contributed by atoms with Crippen LogP contribution in [0.15, 0.2) is 66.0 Å². The lowest BCUT2D eigenvalue weighted by molar-refractivity contribution is -0.128. The standard InChI is InChI=1S/C32H34O4S/c1-4-32(18-25(33)19-32)24-7-9-26(10-8-24)36-20-23-6-13-31-29(17-23)30(21-37-31)28-12-11-27(16-22(28)3)35-15-14-34-5-2/h6-13,16-17,21H,4-5,14-15,18-20H2,1-3H3. The van der Waals surface area contributed by atoms with Gasteiger partial charge in [0.25, 0.3) is 0 Å². The lowest BCUT2D eigenvalue weighted by atomic mass is 9.62. The van der Waals surface area contributed by atoms with E-state index in [-0.39, 0.29) is 5.41 Å². The maximum atomic E-state index is 11.6. The second kappa shape index (κ2) is 11.1. The average molecular weight is 515 g/mol. The van der Waals surface area contributed by atoms with Crippen LogP contribution in [0, 0.1) is 6.92 Å². The van der Waals surface area contributed by atoms with E-state index in [0.717, 1.165) is 23.5 Å². The summed E-state index contributed by atoms with van der Waals surface area (Å²) in [4.78, 5) is 11.6. The predicted octanol–water partition coefficient (Wildman–Crippen LogP) is 7.88. The van der Waals surface area contributed by atoms with Gasteiger partial charge in [0.15, 0.2) is 0 Å². The second-order valence-corrected chi connectivity index (χ2v) is 10.8. The summed E-state index contributed by atoms with van der Waals surface area (Å²) in [6, 6.07) is 21.2. The van der Waals surface area contributed by atoms with Crippen molar-refractivity contribution in [3.05, 3.63) is 82.7 Å². The lowest BCUT2D eigenvalue weighted by Crippen LogP contribution is -2.40. The van der Waals surface area contributed by atoms with E-state index in [1.54, 1.807) is 11.3 Å². The molecule has 0 unspecified atom stereocenters. The molecule has 0 saturated heterocycles. The Morgan fingerprint density at radius 2 is 1.65 bits per heavy atom. The summed E-state index contributed by atoms with van der Waals surface area (Å²) in [5.74, 6) is 2.08. The monoisotopic (exact) mass is 514 g/mol. The summed E-state index contributed by atoms with van der Waals surface area (Å²) in [6.07, 6.45) is 2.32. The molecule has 5 rings (SSSR count). The van der Waals surface area contributed by atoms with Crippen LogP contribution in [0.25, 0.3) is 21.2 Å². The summed E-state index contributed by atoms with van der Waals surface area (Å²) >= 11 is 1.77. The van der Waals surface area contributed by atoms with Gasteiger partial charge in [0, 0.05) is 40.5 Å². The molecule has 192 valence electrons. The number of carbonyl (C=O) groups excluding carboxylic acids is 1. The Hall–Kier alpha value is -3.15. The van der Waals surface area contributed by atoms with Crippen molar-refractivity contribution in [2.45, 2.75) is 52.1 Å². The van der Waals surface area contributed by atoms with Gasteiger partial charge < -0.3 is 14.2 Å². The topological polar surface area (TPSA) is 44.8 Å². The van der Waals surface area contributed by atoms with Crippen LogP contribution >= 0.6 is 11.3 Å². The summed E-state index contributed by atoms with van der Waals surface area (Å²) in [5.41, 5.74) is 6.06. The number of hydrogen-bond donors (Lipinski definition) is 0. The molecule has 5 heteroatoms. The van der Waals surface area contributed by atoms with Crippen molar-refractivity contribution in [3.8, 4) is 22.6 Å². The number of fused-ring (bicyclic) bond motifs is 1. The fraction of sp³-hybridized carbons (Fsp3) is 0.344. The highest BCUT2D eigenvalue weighted by molar-refractivity contribution is 7.17. The van der Waals surface area contributed by atoms with E-state index in [1.807, 2.05) is 25.1 Å². The molecule has 1 aromatic heterocycles. The molecule has 1 aliphatic carbocycles. The maximum absolute atomic E-state index is 11.6. The Balaban J connectivity index is 1.28. The van der Waals surface area contributed by atoms with Crippen molar-refractivity contribution in [3.63, 3.8) is 0 Å². The molecule has 4 aromatic rings. The van der Waals surface area contributed by atoms with Gasteiger partial charge in [-0.3, -0.25) is 4.79 Å². The number of thiophene rings is 1. The van der Waals surface area contributed by atoms with E-state index in [4.69, 9.17) is 14.2 Å². The van der Waals surface area contributed by atoms with E-state index in [0.29, 0.717) is 45.1 Å². The quantitative estimate of drug-likeness (QED) is 0.191. The minimum absolute atomic E-state index is 0.0297. The first-order chi connectivity index (χ1) is 18.0. The van der Waals surface area contributed by atoms with Gasteiger partial charge in [-0.2, -0.15) is 0 Å². The van der Waals surface area contributed by atoms with Crippen LogP contribution in [0.2, 0.25) is 0 Å². The minimum Gasteiger partial charge on any atom is -0.491 e. The highest BCUT2D eigenvalue weighted by Crippen LogP contribution is 2.44. The highest BCUT2D eigenvalue weighted by Gasteiger charge is 2.43. The van der Waals surface area contributed by atoms with Crippen molar-refractivity contribution in [2.75, 3.05) is 19.8 Å². The Kier molecular flexibility index (Phi) is 7.63. The highest BCUT2D eigenvalue weighted by atomic mass is 32.1. The number of carbonyl (C=O) groups is 1. The van der Waals surface area contributed by atoms with Crippen LogP contribution in [0.3, 0.4) is 0 Å². The van der Waals surface area contributed by atoms with Crippen LogP contribution in [-0.4, -0.2) is 25.6 Å². The maximum Gasteiger partial charge on any atom is 0.134 e. The third kappa shape index (κ3) is 5.43. The summed E-state index contributed by atoms with van der Waals surface area (Å²) < 4.78 is 18.6. The smallest absolute Gasteiger partial charge is 0.134 e. The summed E-state index contributed by atoms with van der Waals surface area (Å²) in [5, 5.41) is 3.48. The molecule has 1 heterocycles. The van der Waals surface area contributed by atoms with E-state index < -0.39 is 0 Å². The third-order valence-electron chi connectivity index (χ3n) is 7.45. The van der Waals surface area contributed by atoms with Gasteiger partial charge in [-0.1, -0.05) is 31.2 Å². The normalized spacial score (nSPS) is 14.5. The number of ketones is 1. The van der Waals surface area contributed by atoms with Crippen molar-refractivity contribution in [1.82, 2.24) is 0 Å². The molecule has 3 aromatic carbocycles. The zero-order chi connectivity index (χ0) is 25.8. The molecule has 0 atom stereocenters. The molecule has 0 radical (unpaired) electrons.